The Bertz CT molecular complexity index is 1180. The van der Waals surface area contributed by atoms with Gasteiger partial charge in [-0.25, -0.2) is 4.68 Å². The molecule has 1 amide bonds. The maximum atomic E-state index is 13.3. The third-order valence-electron chi connectivity index (χ3n) is 5.67. The number of rotatable bonds is 6. The van der Waals surface area contributed by atoms with Crippen molar-refractivity contribution in [2.24, 2.45) is 0 Å². The lowest BCUT2D eigenvalue weighted by Crippen LogP contribution is -2.19. The summed E-state index contributed by atoms with van der Waals surface area (Å²) in [5.74, 6) is 2.41. The highest BCUT2D eigenvalue weighted by Crippen LogP contribution is 2.37. The molecular formula is C26H22ClN3OS. The molecule has 0 spiro atoms. The number of benzene rings is 3. The van der Waals surface area contributed by atoms with Crippen molar-refractivity contribution < 1.29 is 4.79 Å². The Hall–Kier alpha value is -3.02. The highest BCUT2D eigenvalue weighted by molar-refractivity contribution is 7.98. The molecule has 1 aliphatic rings. The van der Waals surface area contributed by atoms with Crippen molar-refractivity contribution in [2.45, 2.75) is 23.8 Å². The van der Waals surface area contributed by atoms with Crippen LogP contribution in [0.2, 0.25) is 5.02 Å². The standard InChI is InChI=1S/C26H22ClN3OS/c27-20-11-13-21(14-12-20)30-26(23-16-32-17-24(23)29-30)28-25(31)15-22(18-7-3-1-4-8-18)19-9-5-2-6-10-19/h1-14,22H,15-17H2,(H,28,31). The predicted molar refractivity (Wildman–Crippen MR) is 132 cm³/mol. The van der Waals surface area contributed by atoms with E-state index in [4.69, 9.17) is 16.7 Å². The summed E-state index contributed by atoms with van der Waals surface area (Å²) in [5.41, 5.74) is 5.27. The molecule has 2 heterocycles. The van der Waals surface area contributed by atoms with E-state index in [1.807, 2.05) is 77.1 Å². The monoisotopic (exact) mass is 459 g/mol. The number of halogens is 1. The van der Waals surface area contributed by atoms with Gasteiger partial charge in [-0.15, -0.1) is 0 Å². The van der Waals surface area contributed by atoms with E-state index < -0.39 is 0 Å². The molecule has 5 rings (SSSR count). The van der Waals surface area contributed by atoms with Crippen LogP contribution in [0.3, 0.4) is 0 Å². The zero-order valence-electron chi connectivity index (χ0n) is 17.4. The Labute approximate surface area is 196 Å². The van der Waals surface area contributed by atoms with Gasteiger partial charge in [0.15, 0.2) is 0 Å². The van der Waals surface area contributed by atoms with Crippen molar-refractivity contribution in [1.82, 2.24) is 9.78 Å². The molecule has 3 aromatic carbocycles. The van der Waals surface area contributed by atoms with Crippen molar-refractivity contribution in [2.75, 3.05) is 5.32 Å². The molecule has 160 valence electrons. The number of anilines is 1. The summed E-state index contributed by atoms with van der Waals surface area (Å²) >= 11 is 7.89. The van der Waals surface area contributed by atoms with Gasteiger partial charge >= 0.3 is 0 Å². The zero-order valence-corrected chi connectivity index (χ0v) is 18.9. The number of carbonyl (C=O) groups excluding carboxylic acids is 1. The molecule has 0 radical (unpaired) electrons. The van der Waals surface area contributed by atoms with Crippen molar-refractivity contribution in [3.05, 3.63) is 112 Å². The number of thioether (sulfide) groups is 1. The third kappa shape index (κ3) is 4.31. The fraction of sp³-hybridized carbons (Fsp3) is 0.154. The van der Waals surface area contributed by atoms with E-state index in [0.717, 1.165) is 45.4 Å². The molecule has 0 atom stereocenters. The van der Waals surface area contributed by atoms with Crippen LogP contribution in [0, 0.1) is 0 Å². The Morgan fingerprint density at radius 1 is 0.938 bits per heavy atom. The Morgan fingerprint density at radius 2 is 1.56 bits per heavy atom. The number of carbonyl (C=O) groups is 1. The lowest BCUT2D eigenvalue weighted by atomic mass is 9.88. The first kappa shape index (κ1) is 20.9. The van der Waals surface area contributed by atoms with Gasteiger partial charge in [0.05, 0.1) is 11.4 Å². The van der Waals surface area contributed by atoms with Crippen LogP contribution in [-0.2, 0) is 16.3 Å². The van der Waals surface area contributed by atoms with Gasteiger partial charge < -0.3 is 5.32 Å². The van der Waals surface area contributed by atoms with Gasteiger partial charge in [0.2, 0.25) is 5.91 Å². The maximum absolute atomic E-state index is 13.3. The fourth-order valence-corrected chi connectivity index (χ4v) is 5.24. The minimum Gasteiger partial charge on any atom is -0.310 e. The minimum atomic E-state index is -0.0301. The molecule has 1 N–H and O–H groups in total. The van der Waals surface area contributed by atoms with Crippen molar-refractivity contribution in [3.8, 4) is 5.69 Å². The third-order valence-corrected chi connectivity index (χ3v) is 6.90. The molecule has 6 heteroatoms. The lowest BCUT2D eigenvalue weighted by molar-refractivity contribution is -0.116. The molecule has 0 fully saturated rings. The molecule has 32 heavy (non-hydrogen) atoms. The van der Waals surface area contributed by atoms with Gasteiger partial charge in [0, 0.05) is 34.4 Å². The van der Waals surface area contributed by atoms with E-state index in [1.54, 1.807) is 0 Å². The van der Waals surface area contributed by atoms with Crippen LogP contribution in [0.4, 0.5) is 5.82 Å². The fourth-order valence-electron chi connectivity index (χ4n) is 4.08. The van der Waals surface area contributed by atoms with Crippen LogP contribution in [-0.4, -0.2) is 15.7 Å². The van der Waals surface area contributed by atoms with Gasteiger partial charge in [0.1, 0.15) is 5.82 Å². The molecular weight excluding hydrogens is 438 g/mol. The van der Waals surface area contributed by atoms with E-state index >= 15 is 0 Å². The van der Waals surface area contributed by atoms with Gasteiger partial charge in [-0.1, -0.05) is 72.3 Å². The van der Waals surface area contributed by atoms with Crippen LogP contribution in [0.5, 0.6) is 0 Å². The second-order valence-corrected chi connectivity index (χ2v) is 9.20. The molecule has 0 unspecified atom stereocenters. The molecule has 1 aliphatic heterocycles. The predicted octanol–water partition coefficient (Wildman–Crippen LogP) is 6.43. The summed E-state index contributed by atoms with van der Waals surface area (Å²) in [6, 6.07) is 27.9. The normalized spacial score (nSPS) is 12.7. The number of hydrogen-bond acceptors (Lipinski definition) is 3. The summed E-state index contributed by atoms with van der Waals surface area (Å²) in [6.07, 6.45) is 0.349. The number of amides is 1. The van der Waals surface area contributed by atoms with Gasteiger partial charge in [0.25, 0.3) is 0 Å². The second kappa shape index (κ2) is 9.23. The Balaban J connectivity index is 1.45. The second-order valence-electron chi connectivity index (χ2n) is 7.78. The van der Waals surface area contributed by atoms with Gasteiger partial charge in [-0.2, -0.15) is 16.9 Å². The summed E-state index contributed by atoms with van der Waals surface area (Å²) < 4.78 is 1.83. The quantitative estimate of drug-likeness (QED) is 0.361. The van der Waals surface area contributed by atoms with Crippen molar-refractivity contribution >= 4 is 35.1 Å². The number of hydrogen-bond donors (Lipinski definition) is 1. The first-order valence-corrected chi connectivity index (χ1v) is 12.1. The number of fused-ring (bicyclic) bond motifs is 1. The smallest absolute Gasteiger partial charge is 0.226 e. The molecule has 0 aliphatic carbocycles. The molecule has 0 saturated carbocycles. The zero-order chi connectivity index (χ0) is 21.9. The summed E-state index contributed by atoms with van der Waals surface area (Å²) in [5, 5.41) is 8.64. The molecule has 4 nitrogen and oxygen atoms in total. The highest BCUT2D eigenvalue weighted by atomic mass is 35.5. The highest BCUT2D eigenvalue weighted by Gasteiger charge is 2.26. The minimum absolute atomic E-state index is 0.0215. The number of nitrogens with zero attached hydrogens (tertiary/aromatic N) is 2. The van der Waals surface area contributed by atoms with Crippen LogP contribution < -0.4 is 5.32 Å². The van der Waals surface area contributed by atoms with E-state index in [9.17, 15) is 4.79 Å². The first-order chi connectivity index (χ1) is 15.7. The van der Waals surface area contributed by atoms with Gasteiger partial charge in [-0.3, -0.25) is 4.79 Å². The maximum Gasteiger partial charge on any atom is 0.226 e. The van der Waals surface area contributed by atoms with Crippen LogP contribution >= 0.6 is 23.4 Å². The number of aromatic nitrogens is 2. The summed E-state index contributed by atoms with van der Waals surface area (Å²) in [4.78, 5) is 13.3. The molecule has 0 saturated heterocycles. The average molecular weight is 460 g/mol. The first-order valence-electron chi connectivity index (χ1n) is 10.5. The van der Waals surface area contributed by atoms with Crippen LogP contribution in [0.25, 0.3) is 5.69 Å². The van der Waals surface area contributed by atoms with E-state index in [0.29, 0.717) is 11.4 Å². The lowest BCUT2D eigenvalue weighted by Gasteiger charge is -2.18. The van der Waals surface area contributed by atoms with E-state index in [-0.39, 0.29) is 11.8 Å². The molecule has 4 aromatic rings. The number of nitrogens with one attached hydrogen (secondary N) is 1. The summed E-state index contributed by atoms with van der Waals surface area (Å²) in [6.45, 7) is 0. The Morgan fingerprint density at radius 3 is 2.19 bits per heavy atom. The van der Waals surface area contributed by atoms with Crippen molar-refractivity contribution in [1.29, 1.82) is 0 Å². The van der Waals surface area contributed by atoms with Crippen LogP contribution in [0.15, 0.2) is 84.9 Å². The molecule has 0 bridgehead atoms. The van der Waals surface area contributed by atoms with E-state index in [1.165, 1.54) is 0 Å². The topological polar surface area (TPSA) is 46.9 Å². The SMILES string of the molecule is O=C(CC(c1ccccc1)c1ccccc1)Nc1c2c(nn1-c1ccc(Cl)cc1)CSC2. The van der Waals surface area contributed by atoms with Crippen molar-refractivity contribution in [3.63, 3.8) is 0 Å². The Kier molecular flexibility index (Phi) is 6.02. The average Bonchev–Trinajstić information content (AvgIpc) is 3.42. The largest absolute Gasteiger partial charge is 0.310 e. The van der Waals surface area contributed by atoms with Crippen LogP contribution in [0.1, 0.15) is 34.7 Å². The molecule has 1 aromatic heterocycles. The van der Waals surface area contributed by atoms with Gasteiger partial charge in [-0.05, 0) is 35.4 Å². The summed E-state index contributed by atoms with van der Waals surface area (Å²) in [7, 11) is 0. The van der Waals surface area contributed by atoms with E-state index in [2.05, 4.69) is 29.6 Å².